The van der Waals surface area contributed by atoms with Crippen molar-refractivity contribution in [1.82, 2.24) is 24.3 Å². The van der Waals surface area contributed by atoms with Gasteiger partial charge >= 0.3 is 5.69 Å². The fourth-order valence-corrected chi connectivity index (χ4v) is 8.48. The Labute approximate surface area is 261 Å². The van der Waals surface area contributed by atoms with Crippen LogP contribution in [-0.4, -0.2) is 99.8 Å². The largest absolute Gasteiger partial charge is 0.350 e. The molecular weight excluding hydrogens is 582 g/mol. The first-order chi connectivity index (χ1) is 21.1. The third-order valence-corrected chi connectivity index (χ3v) is 10.7. The van der Waals surface area contributed by atoms with Crippen molar-refractivity contribution in [3.8, 4) is 11.1 Å². The maximum atomic E-state index is 15.4. The average molecular weight is 623 g/mol. The van der Waals surface area contributed by atoms with Crippen molar-refractivity contribution >= 4 is 34.4 Å². The lowest BCUT2D eigenvalue weighted by Gasteiger charge is -2.44. The number of carbonyl (C=O) groups excluding carboxylic acids is 1. The number of rotatable bonds is 5. The summed E-state index contributed by atoms with van der Waals surface area (Å²) in [4.78, 5) is 40.9. The Hall–Kier alpha value is -3.28. The Balaban J connectivity index is 1.51. The predicted octanol–water partition coefficient (Wildman–Crippen LogP) is 4.37. The third-order valence-electron chi connectivity index (χ3n) is 9.50. The van der Waals surface area contributed by atoms with E-state index in [4.69, 9.17) is 4.98 Å². The zero-order valence-corrected chi connectivity index (χ0v) is 26.7. The SMILES string of the molecule is C=CC(=O)N1C[C@H](C)N(c2nc(=O)n3c4c(c(-c5ccc(F)cc5F)c(C)cc24)SCC(N2CCN(CC)CC2)C3)C[C@H]1C. The number of piperazine rings is 2. The van der Waals surface area contributed by atoms with Gasteiger partial charge in [-0.1, -0.05) is 13.5 Å². The highest BCUT2D eigenvalue weighted by Crippen LogP contribution is 2.45. The number of aromatic nitrogens is 2. The molecule has 6 rings (SSSR count). The van der Waals surface area contributed by atoms with E-state index in [1.165, 1.54) is 18.2 Å². The van der Waals surface area contributed by atoms with Crippen molar-refractivity contribution < 1.29 is 13.6 Å². The first-order valence-electron chi connectivity index (χ1n) is 15.4. The molecule has 1 amide bonds. The van der Waals surface area contributed by atoms with Crippen LogP contribution >= 0.6 is 11.8 Å². The number of thioether (sulfide) groups is 1. The molecule has 44 heavy (non-hydrogen) atoms. The topological polar surface area (TPSA) is 64.9 Å². The highest BCUT2D eigenvalue weighted by Gasteiger charge is 2.35. The fraction of sp³-hybridized carbons (Fsp3) is 0.485. The first-order valence-corrected chi connectivity index (χ1v) is 16.4. The van der Waals surface area contributed by atoms with E-state index in [2.05, 4.69) is 28.2 Å². The molecule has 3 aliphatic heterocycles. The van der Waals surface area contributed by atoms with E-state index in [0.717, 1.165) is 65.9 Å². The lowest BCUT2D eigenvalue weighted by molar-refractivity contribution is -0.128. The fourth-order valence-electron chi connectivity index (χ4n) is 7.03. The van der Waals surface area contributed by atoms with Crippen LogP contribution in [0.1, 0.15) is 26.3 Å². The van der Waals surface area contributed by atoms with Gasteiger partial charge in [-0.2, -0.15) is 4.98 Å². The van der Waals surface area contributed by atoms with Gasteiger partial charge in [0.05, 0.1) is 5.52 Å². The van der Waals surface area contributed by atoms with Crippen LogP contribution in [0.5, 0.6) is 0 Å². The highest BCUT2D eigenvalue weighted by molar-refractivity contribution is 7.99. The number of likely N-dealkylation sites (N-methyl/N-ethyl adjacent to an activating group) is 1. The monoisotopic (exact) mass is 622 g/mol. The molecule has 0 N–H and O–H groups in total. The molecule has 0 saturated carbocycles. The number of aryl methyl sites for hydroxylation is 1. The lowest BCUT2D eigenvalue weighted by Crippen LogP contribution is -2.58. The molecule has 3 atom stereocenters. The molecule has 2 saturated heterocycles. The summed E-state index contributed by atoms with van der Waals surface area (Å²) in [6.45, 7) is 18.1. The molecule has 2 fully saturated rings. The Morgan fingerprint density at radius 3 is 2.52 bits per heavy atom. The maximum Gasteiger partial charge on any atom is 0.350 e. The second kappa shape index (κ2) is 12.3. The van der Waals surface area contributed by atoms with Gasteiger partial charge in [-0.25, -0.2) is 13.6 Å². The van der Waals surface area contributed by atoms with Crippen LogP contribution in [0.2, 0.25) is 0 Å². The molecule has 234 valence electrons. The summed E-state index contributed by atoms with van der Waals surface area (Å²) >= 11 is 1.65. The van der Waals surface area contributed by atoms with Gasteiger partial charge in [-0.05, 0) is 57.2 Å². The molecule has 2 aromatic carbocycles. The van der Waals surface area contributed by atoms with E-state index in [1.54, 1.807) is 21.2 Å². The number of nitrogens with zero attached hydrogens (tertiary/aromatic N) is 6. The van der Waals surface area contributed by atoms with Crippen molar-refractivity contribution in [3.63, 3.8) is 0 Å². The van der Waals surface area contributed by atoms with Crippen LogP contribution in [0.15, 0.2) is 46.6 Å². The highest BCUT2D eigenvalue weighted by atomic mass is 32.2. The van der Waals surface area contributed by atoms with Crippen molar-refractivity contribution in [2.75, 3.05) is 56.5 Å². The van der Waals surface area contributed by atoms with Gasteiger partial charge in [0.25, 0.3) is 0 Å². The van der Waals surface area contributed by atoms with Crippen LogP contribution < -0.4 is 10.6 Å². The Bertz CT molecular complexity index is 1670. The number of hydrogen-bond donors (Lipinski definition) is 0. The smallest absolute Gasteiger partial charge is 0.349 e. The molecule has 8 nitrogen and oxygen atoms in total. The molecule has 1 aromatic heterocycles. The lowest BCUT2D eigenvalue weighted by atomic mass is 9.96. The van der Waals surface area contributed by atoms with Gasteiger partial charge < -0.3 is 14.7 Å². The molecular formula is C33H40F2N6O2S. The van der Waals surface area contributed by atoms with Crippen LogP contribution in [0.3, 0.4) is 0 Å². The van der Waals surface area contributed by atoms with E-state index < -0.39 is 11.6 Å². The summed E-state index contributed by atoms with van der Waals surface area (Å²) in [6, 6.07) is 5.57. The van der Waals surface area contributed by atoms with Crippen molar-refractivity contribution in [2.45, 2.75) is 57.3 Å². The van der Waals surface area contributed by atoms with E-state index in [-0.39, 0.29) is 29.7 Å². The van der Waals surface area contributed by atoms with E-state index >= 15 is 4.39 Å². The normalized spacial score (nSPS) is 23.2. The summed E-state index contributed by atoms with van der Waals surface area (Å²) in [5, 5.41) is 0.829. The van der Waals surface area contributed by atoms with Gasteiger partial charge in [-0.3, -0.25) is 14.3 Å². The molecule has 11 heteroatoms. The van der Waals surface area contributed by atoms with Gasteiger partial charge in [0, 0.05) is 97.2 Å². The number of hydrogen-bond acceptors (Lipinski definition) is 7. The molecule has 0 spiro atoms. The van der Waals surface area contributed by atoms with E-state index in [0.29, 0.717) is 36.6 Å². The van der Waals surface area contributed by atoms with Crippen LogP contribution in [-0.2, 0) is 11.3 Å². The Morgan fingerprint density at radius 1 is 1.09 bits per heavy atom. The average Bonchev–Trinajstić information content (AvgIpc) is 3.21. The molecule has 0 radical (unpaired) electrons. The van der Waals surface area contributed by atoms with Gasteiger partial charge in [0.15, 0.2) is 0 Å². The van der Waals surface area contributed by atoms with Crippen molar-refractivity contribution in [1.29, 1.82) is 0 Å². The summed E-state index contributed by atoms with van der Waals surface area (Å²) in [5.41, 5.74) is 2.24. The molecule has 3 aromatic rings. The van der Waals surface area contributed by atoms with Crippen LogP contribution in [0.4, 0.5) is 14.6 Å². The minimum absolute atomic E-state index is 0.0959. The van der Waals surface area contributed by atoms with Gasteiger partial charge in [-0.15, -0.1) is 11.8 Å². The maximum absolute atomic E-state index is 15.4. The quantitative estimate of drug-likeness (QED) is 0.392. The molecule has 4 heterocycles. The van der Waals surface area contributed by atoms with Crippen LogP contribution in [0.25, 0.3) is 22.0 Å². The van der Waals surface area contributed by atoms with Gasteiger partial charge in [0.2, 0.25) is 5.91 Å². The van der Waals surface area contributed by atoms with Crippen LogP contribution in [0, 0.1) is 18.6 Å². The van der Waals surface area contributed by atoms with E-state index in [1.807, 2.05) is 26.8 Å². The second-order valence-electron chi connectivity index (χ2n) is 12.2. The minimum Gasteiger partial charge on any atom is -0.349 e. The zero-order valence-electron chi connectivity index (χ0n) is 25.9. The first kappa shape index (κ1) is 30.7. The Kier molecular flexibility index (Phi) is 8.56. The Morgan fingerprint density at radius 2 is 1.84 bits per heavy atom. The number of benzene rings is 2. The molecule has 3 aliphatic rings. The summed E-state index contributed by atoms with van der Waals surface area (Å²) in [6.07, 6.45) is 1.34. The van der Waals surface area contributed by atoms with Crippen molar-refractivity contribution in [3.05, 3.63) is 64.6 Å². The van der Waals surface area contributed by atoms with Crippen molar-refractivity contribution in [2.24, 2.45) is 0 Å². The summed E-state index contributed by atoms with van der Waals surface area (Å²) < 4.78 is 31.1. The number of carbonyl (C=O) groups is 1. The molecule has 1 unspecified atom stereocenters. The number of halogens is 2. The summed E-state index contributed by atoms with van der Waals surface area (Å²) in [7, 11) is 0. The molecule has 0 aliphatic carbocycles. The third kappa shape index (κ3) is 5.43. The standard InChI is InChI=1S/C33H40F2N6O2S/c1-6-28(42)39-16-22(5)40(17-21(39)4)32-26-14-20(3)29(25-9-8-23(34)15-27(25)35)31-30(26)41(33(43)36-32)18-24(19-44-31)38-12-10-37(7-2)11-13-38/h6,8-9,14-15,21-22,24H,1,7,10-13,16-19H2,2-5H3/t21-,22+,24?/m1/s1. The van der Waals surface area contributed by atoms with Gasteiger partial charge in [0.1, 0.15) is 17.5 Å². The number of anilines is 1. The number of amides is 1. The second-order valence-corrected chi connectivity index (χ2v) is 13.3. The predicted molar refractivity (Wildman–Crippen MR) is 172 cm³/mol. The summed E-state index contributed by atoms with van der Waals surface area (Å²) in [5.74, 6) is -0.0662. The van der Waals surface area contributed by atoms with E-state index in [9.17, 15) is 14.0 Å². The zero-order chi connectivity index (χ0) is 31.3. The molecule has 0 bridgehead atoms. The minimum atomic E-state index is -0.630.